The molecule has 0 fully saturated rings. The molecule has 1 heterocycles. The molecule has 1 aromatic heterocycles. The Morgan fingerprint density at radius 2 is 2.00 bits per heavy atom. The first-order valence-electron chi connectivity index (χ1n) is 4.50. The van der Waals surface area contributed by atoms with E-state index >= 15 is 0 Å². The van der Waals surface area contributed by atoms with E-state index in [1.165, 1.54) is 6.33 Å². The number of hydrogen-bond donors (Lipinski definition) is 0. The smallest absolute Gasteiger partial charge is 0.233 e. The highest BCUT2D eigenvalue weighted by molar-refractivity contribution is 6.30. The summed E-state index contributed by atoms with van der Waals surface area (Å²) in [7, 11) is 1.83. The maximum atomic E-state index is 5.90. The Hall–Kier alpha value is -1.39. The molecule has 0 spiro atoms. The minimum atomic E-state index is 0.166. The van der Waals surface area contributed by atoms with Crippen molar-refractivity contribution in [2.75, 3.05) is 11.9 Å². The van der Waals surface area contributed by atoms with E-state index in [1.54, 1.807) is 11.0 Å². The van der Waals surface area contributed by atoms with Gasteiger partial charge in [0.2, 0.25) is 11.2 Å². The minimum absolute atomic E-state index is 0.166. The van der Waals surface area contributed by atoms with Gasteiger partial charge in [-0.25, -0.2) is 9.97 Å². The first-order valence-corrected chi connectivity index (χ1v) is 5.26. The van der Waals surface area contributed by atoms with Gasteiger partial charge in [0.15, 0.2) is 0 Å². The van der Waals surface area contributed by atoms with Crippen LogP contribution in [0.5, 0.6) is 0 Å². The number of hydrogen-bond acceptors (Lipinski definition) is 4. The summed E-state index contributed by atoms with van der Waals surface area (Å²) in [6, 6.07) is 7.39. The van der Waals surface area contributed by atoms with Crippen molar-refractivity contribution in [3.63, 3.8) is 0 Å². The Morgan fingerprint density at radius 1 is 1.19 bits per heavy atom. The molecule has 16 heavy (non-hydrogen) atoms. The van der Waals surface area contributed by atoms with E-state index in [0.29, 0.717) is 11.0 Å². The number of aromatic nitrogens is 3. The van der Waals surface area contributed by atoms with Crippen LogP contribution in [0, 0.1) is 0 Å². The topological polar surface area (TPSA) is 41.9 Å². The lowest BCUT2D eigenvalue weighted by atomic mass is 10.3. The highest BCUT2D eigenvalue weighted by Gasteiger charge is 2.07. The predicted molar refractivity (Wildman–Crippen MR) is 64.4 cm³/mol. The van der Waals surface area contributed by atoms with E-state index < -0.39 is 0 Å². The lowest BCUT2D eigenvalue weighted by Gasteiger charge is -2.16. The molecule has 0 saturated carbocycles. The monoisotopic (exact) mass is 254 g/mol. The Balaban J connectivity index is 2.35. The molecule has 2 rings (SSSR count). The summed E-state index contributed by atoms with van der Waals surface area (Å²) in [5.74, 6) is 0.474. The van der Waals surface area contributed by atoms with Crippen LogP contribution in [0.1, 0.15) is 0 Å². The Labute approximate surface area is 103 Å². The Bertz CT molecular complexity index is 458. The average molecular weight is 255 g/mol. The molecule has 0 atom stereocenters. The first-order chi connectivity index (χ1) is 7.66. The highest BCUT2D eigenvalue weighted by Crippen LogP contribution is 2.23. The van der Waals surface area contributed by atoms with Crippen molar-refractivity contribution < 1.29 is 0 Å². The van der Waals surface area contributed by atoms with Crippen molar-refractivity contribution in [2.24, 2.45) is 0 Å². The standard InChI is InChI=1S/C10H8Cl2N4/c1-16(8-4-2-3-7(11)5-8)10-14-6-13-9(12)15-10/h2-6H,1H3. The normalized spacial score (nSPS) is 10.2. The fourth-order valence-corrected chi connectivity index (χ4v) is 1.53. The van der Waals surface area contributed by atoms with E-state index in [2.05, 4.69) is 15.0 Å². The first kappa shape index (κ1) is 11.1. The molecule has 82 valence electrons. The van der Waals surface area contributed by atoms with Crippen LogP contribution in [0.3, 0.4) is 0 Å². The number of benzene rings is 1. The van der Waals surface area contributed by atoms with E-state index in [4.69, 9.17) is 23.2 Å². The van der Waals surface area contributed by atoms with Crippen LogP contribution in [0.25, 0.3) is 0 Å². The molecule has 0 aliphatic carbocycles. The van der Waals surface area contributed by atoms with Crippen LogP contribution in [0.2, 0.25) is 10.3 Å². The zero-order valence-corrected chi connectivity index (χ0v) is 9.94. The molecule has 0 aliphatic heterocycles. The van der Waals surface area contributed by atoms with Crippen LogP contribution in [0.15, 0.2) is 30.6 Å². The number of rotatable bonds is 2. The van der Waals surface area contributed by atoms with Gasteiger partial charge in [0.1, 0.15) is 6.33 Å². The van der Waals surface area contributed by atoms with Crippen molar-refractivity contribution >= 4 is 34.8 Å². The van der Waals surface area contributed by atoms with Gasteiger partial charge in [-0.3, -0.25) is 0 Å². The third-order valence-electron chi connectivity index (χ3n) is 2.03. The van der Waals surface area contributed by atoms with Crippen LogP contribution in [0.4, 0.5) is 11.6 Å². The maximum absolute atomic E-state index is 5.90. The molecule has 0 bridgehead atoms. The third-order valence-corrected chi connectivity index (χ3v) is 2.44. The van der Waals surface area contributed by atoms with Gasteiger partial charge in [0.25, 0.3) is 0 Å². The molecule has 6 heteroatoms. The van der Waals surface area contributed by atoms with E-state index in [0.717, 1.165) is 5.69 Å². The van der Waals surface area contributed by atoms with Crippen LogP contribution in [-0.2, 0) is 0 Å². The summed E-state index contributed by atoms with van der Waals surface area (Å²) in [5, 5.41) is 0.823. The lowest BCUT2D eigenvalue weighted by Crippen LogP contribution is -2.13. The third kappa shape index (κ3) is 2.40. The van der Waals surface area contributed by atoms with Gasteiger partial charge in [0.05, 0.1) is 0 Å². The number of anilines is 2. The molecule has 0 aliphatic rings. The summed E-state index contributed by atoms with van der Waals surface area (Å²) in [6.45, 7) is 0. The van der Waals surface area contributed by atoms with Gasteiger partial charge in [-0.15, -0.1) is 0 Å². The highest BCUT2D eigenvalue weighted by atomic mass is 35.5. The fourth-order valence-electron chi connectivity index (χ4n) is 1.23. The molecule has 0 unspecified atom stereocenters. The molecular formula is C10H8Cl2N4. The van der Waals surface area contributed by atoms with Gasteiger partial charge in [-0.2, -0.15) is 4.98 Å². The van der Waals surface area contributed by atoms with Gasteiger partial charge < -0.3 is 4.90 Å². The molecule has 0 saturated heterocycles. The van der Waals surface area contributed by atoms with Gasteiger partial charge >= 0.3 is 0 Å². The largest absolute Gasteiger partial charge is 0.313 e. The number of nitrogens with zero attached hydrogens (tertiary/aromatic N) is 4. The van der Waals surface area contributed by atoms with Crippen molar-refractivity contribution in [2.45, 2.75) is 0 Å². The fraction of sp³-hybridized carbons (Fsp3) is 0.100. The van der Waals surface area contributed by atoms with Gasteiger partial charge in [-0.05, 0) is 29.8 Å². The second-order valence-electron chi connectivity index (χ2n) is 3.09. The number of halogens is 2. The SMILES string of the molecule is CN(c1cccc(Cl)c1)c1ncnc(Cl)n1. The lowest BCUT2D eigenvalue weighted by molar-refractivity contribution is 0.985. The molecule has 0 amide bonds. The molecule has 0 radical (unpaired) electrons. The van der Waals surface area contributed by atoms with E-state index in [9.17, 15) is 0 Å². The Morgan fingerprint density at radius 3 is 2.69 bits per heavy atom. The summed E-state index contributed by atoms with van der Waals surface area (Å²) in [6.07, 6.45) is 1.37. The summed E-state index contributed by atoms with van der Waals surface area (Å²) >= 11 is 11.6. The van der Waals surface area contributed by atoms with Crippen molar-refractivity contribution in [3.8, 4) is 0 Å². The quantitative estimate of drug-likeness (QED) is 0.827. The molecule has 2 aromatic rings. The molecule has 0 N–H and O–H groups in total. The zero-order chi connectivity index (χ0) is 11.5. The van der Waals surface area contributed by atoms with Crippen molar-refractivity contribution in [3.05, 3.63) is 40.9 Å². The van der Waals surface area contributed by atoms with Crippen LogP contribution in [-0.4, -0.2) is 22.0 Å². The van der Waals surface area contributed by atoms with Crippen LogP contribution < -0.4 is 4.90 Å². The summed E-state index contributed by atoms with van der Waals surface area (Å²) in [4.78, 5) is 13.5. The average Bonchev–Trinajstić information content (AvgIpc) is 2.28. The molecule has 4 nitrogen and oxygen atoms in total. The maximum Gasteiger partial charge on any atom is 0.233 e. The van der Waals surface area contributed by atoms with Crippen molar-refractivity contribution in [1.82, 2.24) is 15.0 Å². The van der Waals surface area contributed by atoms with E-state index in [1.807, 2.05) is 25.2 Å². The molecule has 1 aromatic carbocycles. The van der Waals surface area contributed by atoms with Gasteiger partial charge in [0, 0.05) is 17.8 Å². The van der Waals surface area contributed by atoms with Crippen molar-refractivity contribution in [1.29, 1.82) is 0 Å². The second-order valence-corrected chi connectivity index (χ2v) is 3.87. The molecular weight excluding hydrogens is 247 g/mol. The zero-order valence-electron chi connectivity index (χ0n) is 8.43. The minimum Gasteiger partial charge on any atom is -0.313 e. The van der Waals surface area contributed by atoms with Crippen LogP contribution >= 0.6 is 23.2 Å². The Kier molecular flexibility index (Phi) is 3.22. The van der Waals surface area contributed by atoms with E-state index in [-0.39, 0.29) is 5.28 Å². The predicted octanol–water partition coefficient (Wildman–Crippen LogP) is 2.95. The summed E-state index contributed by atoms with van der Waals surface area (Å²) < 4.78 is 0. The van der Waals surface area contributed by atoms with Gasteiger partial charge in [-0.1, -0.05) is 17.7 Å². The summed E-state index contributed by atoms with van der Waals surface area (Å²) in [5.41, 5.74) is 0.884. The second kappa shape index (κ2) is 4.63.